The van der Waals surface area contributed by atoms with Gasteiger partial charge in [-0.2, -0.15) is 5.10 Å². The third-order valence-corrected chi connectivity index (χ3v) is 6.56. The third-order valence-electron chi connectivity index (χ3n) is 6.56. The molecule has 2 fully saturated rings. The first-order valence-electron chi connectivity index (χ1n) is 12.8. The Morgan fingerprint density at radius 2 is 1.83 bits per heavy atom. The Balaban J connectivity index is 1.56. The average molecular weight is 536 g/mol. The van der Waals surface area contributed by atoms with Gasteiger partial charge in [0.1, 0.15) is 29.9 Å². The van der Waals surface area contributed by atoms with E-state index in [1.54, 1.807) is 25.2 Å². The van der Waals surface area contributed by atoms with Gasteiger partial charge < -0.3 is 20.3 Å². The molecule has 12 nitrogen and oxygen atoms in total. The van der Waals surface area contributed by atoms with Gasteiger partial charge in [-0.25, -0.2) is 9.78 Å². The summed E-state index contributed by atoms with van der Waals surface area (Å²) in [5, 5.41) is 13.7. The SMILES string of the molecule is [B]C([B])([B])NC(=O)c1nnc(N2CCN(C3CCC3)C2=O)cc1Nc1cccc(-c2ncn(C)n2)c1OC([B])([B])[B]. The Kier molecular flexibility index (Phi) is 7.60. The maximum absolute atomic E-state index is 13.2. The number of carbonyl (C=O) groups excluding carboxylic acids is 2. The van der Waals surface area contributed by atoms with Crippen molar-refractivity contribution in [1.29, 1.82) is 0 Å². The fourth-order valence-electron chi connectivity index (χ4n) is 4.54. The van der Waals surface area contributed by atoms with Gasteiger partial charge in [-0.3, -0.25) is 14.4 Å². The van der Waals surface area contributed by atoms with Crippen LogP contribution in [0.15, 0.2) is 30.6 Å². The standard InChI is InChI=1S/C23H21B6N9O3/c1-36-11-30-19(35-36)13-6-3-7-14(18(13)41-23(27,28)29)31-15-10-16(33-34-17(15)20(39)32-22(24,25)26)38-9-8-37(21(38)40)12-4-2-5-12/h3,6-7,10-12H,2,4-5,8-9H2,1H3,(H,31,33)(H,32,39). The summed E-state index contributed by atoms with van der Waals surface area (Å²) in [7, 11) is 35.8. The van der Waals surface area contributed by atoms with Gasteiger partial charge in [-0.15, -0.1) is 10.2 Å². The summed E-state index contributed by atoms with van der Waals surface area (Å²) in [6.45, 7) is 0.951. The van der Waals surface area contributed by atoms with Crippen molar-refractivity contribution in [3.05, 3.63) is 36.3 Å². The van der Waals surface area contributed by atoms with Crippen molar-refractivity contribution in [2.75, 3.05) is 23.3 Å². The maximum Gasteiger partial charge on any atom is 0.326 e. The number of carbonyl (C=O) groups is 2. The van der Waals surface area contributed by atoms with Crippen LogP contribution in [0.5, 0.6) is 5.75 Å². The van der Waals surface area contributed by atoms with Crippen molar-refractivity contribution in [3.63, 3.8) is 0 Å². The molecule has 0 unspecified atom stereocenters. The Bertz CT molecular complexity index is 1470. The predicted molar refractivity (Wildman–Crippen MR) is 157 cm³/mol. The van der Waals surface area contributed by atoms with Crippen LogP contribution in [0.2, 0.25) is 0 Å². The van der Waals surface area contributed by atoms with Crippen molar-refractivity contribution >= 4 is 76.2 Å². The highest BCUT2D eigenvalue weighted by molar-refractivity contribution is 6.60. The molecule has 3 aromatic rings. The summed E-state index contributed by atoms with van der Waals surface area (Å²) in [6.07, 6.45) is 4.51. The van der Waals surface area contributed by atoms with Gasteiger partial charge in [0.05, 0.1) is 40.5 Å². The first-order chi connectivity index (χ1) is 19.3. The molecule has 194 valence electrons. The summed E-state index contributed by atoms with van der Waals surface area (Å²) in [6, 6.07) is 6.49. The summed E-state index contributed by atoms with van der Waals surface area (Å²) >= 11 is 0. The largest absolute Gasteiger partial charge is 0.513 e. The third kappa shape index (κ3) is 6.41. The van der Waals surface area contributed by atoms with Crippen molar-refractivity contribution in [1.82, 2.24) is 35.2 Å². The molecule has 41 heavy (non-hydrogen) atoms. The smallest absolute Gasteiger partial charge is 0.326 e. The number of nitrogens with zero attached hydrogens (tertiary/aromatic N) is 7. The molecule has 3 heterocycles. The van der Waals surface area contributed by atoms with E-state index in [1.807, 2.05) is 4.90 Å². The van der Waals surface area contributed by atoms with Gasteiger partial charge in [-0.05, 0) is 36.7 Å². The lowest BCUT2D eigenvalue weighted by Crippen LogP contribution is -2.50. The summed E-state index contributed by atoms with van der Waals surface area (Å²) in [4.78, 5) is 33.8. The Hall–Kier alpha value is -3.83. The first-order valence-corrected chi connectivity index (χ1v) is 12.8. The van der Waals surface area contributed by atoms with Gasteiger partial charge in [0.25, 0.3) is 5.91 Å². The number of anilines is 3. The number of aryl methyl sites for hydroxylation is 1. The van der Waals surface area contributed by atoms with Crippen LogP contribution in [0, 0.1) is 0 Å². The lowest BCUT2D eigenvalue weighted by Gasteiger charge is -2.34. The second-order valence-corrected chi connectivity index (χ2v) is 10.1. The van der Waals surface area contributed by atoms with E-state index in [2.05, 4.69) is 30.9 Å². The molecule has 2 N–H and O–H groups in total. The highest BCUT2D eigenvalue weighted by atomic mass is 16.5. The number of aromatic nitrogens is 5. The second-order valence-electron chi connectivity index (χ2n) is 10.1. The molecule has 2 aromatic heterocycles. The lowest BCUT2D eigenvalue weighted by atomic mass is 9.49. The molecule has 1 saturated heterocycles. The monoisotopic (exact) mass is 537 g/mol. The first kappa shape index (κ1) is 28.7. The van der Waals surface area contributed by atoms with Crippen LogP contribution in [0.3, 0.4) is 0 Å². The molecule has 0 spiro atoms. The minimum atomic E-state index is -2.09. The van der Waals surface area contributed by atoms with Crippen molar-refractivity contribution in [3.8, 4) is 17.1 Å². The van der Waals surface area contributed by atoms with Crippen LogP contribution in [-0.2, 0) is 7.05 Å². The van der Waals surface area contributed by atoms with Crippen LogP contribution in [-0.4, -0.2) is 119 Å². The zero-order chi connectivity index (χ0) is 29.5. The molecule has 0 bridgehead atoms. The van der Waals surface area contributed by atoms with E-state index < -0.39 is 16.4 Å². The summed E-state index contributed by atoms with van der Waals surface area (Å²) in [5.74, 6) is -0.250. The molecule has 12 radical (unpaired) electrons. The summed E-state index contributed by atoms with van der Waals surface area (Å²) in [5.41, 5.74) is 0.537. The van der Waals surface area contributed by atoms with Gasteiger partial charge in [0, 0.05) is 32.2 Å². The zero-order valence-electron chi connectivity index (χ0n) is 22.3. The number of rotatable bonds is 9. The zero-order valence-corrected chi connectivity index (χ0v) is 22.3. The minimum absolute atomic E-state index is 0.0788. The van der Waals surface area contributed by atoms with E-state index in [9.17, 15) is 9.59 Å². The number of amides is 3. The predicted octanol–water partition coefficient (Wildman–Crippen LogP) is -0.848. The lowest BCUT2D eigenvalue weighted by molar-refractivity contribution is 0.0947. The molecule has 5 rings (SSSR count). The number of hydrogen-bond donors (Lipinski definition) is 2. The minimum Gasteiger partial charge on any atom is -0.513 e. The molecule has 1 aliphatic heterocycles. The molecule has 1 aliphatic carbocycles. The Morgan fingerprint density at radius 1 is 1.07 bits per heavy atom. The van der Waals surface area contributed by atoms with Crippen LogP contribution in [0.25, 0.3) is 11.4 Å². The van der Waals surface area contributed by atoms with Crippen molar-refractivity contribution in [2.45, 2.75) is 35.8 Å². The molecular weight excluding hydrogens is 515 g/mol. The van der Waals surface area contributed by atoms with Gasteiger partial charge in [0.2, 0.25) is 0 Å². The highest BCUT2D eigenvalue weighted by Gasteiger charge is 2.38. The van der Waals surface area contributed by atoms with Crippen LogP contribution >= 0.6 is 0 Å². The van der Waals surface area contributed by atoms with E-state index in [4.69, 9.17) is 51.8 Å². The van der Waals surface area contributed by atoms with E-state index in [-0.39, 0.29) is 40.7 Å². The molecule has 18 heteroatoms. The normalized spacial score (nSPS) is 16.0. The second kappa shape index (κ2) is 10.9. The number of urea groups is 1. The molecule has 0 atom stereocenters. The Morgan fingerprint density at radius 3 is 2.44 bits per heavy atom. The number of nitrogens with one attached hydrogen (secondary N) is 2. The molecule has 2 aliphatic rings. The van der Waals surface area contributed by atoms with Crippen molar-refractivity contribution < 1.29 is 14.3 Å². The van der Waals surface area contributed by atoms with Crippen molar-refractivity contribution in [2.24, 2.45) is 7.05 Å². The van der Waals surface area contributed by atoms with Crippen LogP contribution in [0.1, 0.15) is 29.8 Å². The van der Waals surface area contributed by atoms with E-state index in [1.165, 1.54) is 22.0 Å². The highest BCUT2D eigenvalue weighted by Crippen LogP contribution is 2.39. The maximum atomic E-state index is 13.2. The van der Waals surface area contributed by atoms with Gasteiger partial charge in [-0.1, -0.05) is 11.3 Å². The molecule has 1 saturated carbocycles. The van der Waals surface area contributed by atoms with Gasteiger partial charge >= 0.3 is 6.03 Å². The summed E-state index contributed by atoms with van der Waals surface area (Å²) < 4.78 is 7.20. The van der Waals surface area contributed by atoms with E-state index in [0.29, 0.717) is 24.5 Å². The fourth-order valence-corrected chi connectivity index (χ4v) is 4.54. The molecule has 1 aromatic carbocycles. The van der Waals surface area contributed by atoms with Gasteiger partial charge in [0.15, 0.2) is 23.1 Å². The topological polar surface area (TPSA) is 130 Å². The van der Waals surface area contributed by atoms with E-state index in [0.717, 1.165) is 19.3 Å². The average Bonchev–Trinajstić information content (AvgIpc) is 3.43. The molecular formula is C23H21B6N9O3. The van der Waals surface area contributed by atoms with E-state index >= 15 is 0 Å². The Labute approximate surface area is 245 Å². The quantitative estimate of drug-likeness (QED) is 0.339. The van der Waals surface area contributed by atoms with Crippen LogP contribution in [0.4, 0.5) is 22.0 Å². The molecule has 3 amide bonds. The number of hydrogen-bond acceptors (Lipinski definition) is 8. The number of ether oxygens (including phenoxy) is 1. The number of benzene rings is 1. The van der Waals surface area contributed by atoms with Crippen LogP contribution < -0.4 is 20.3 Å². The number of para-hydroxylation sites is 1. The fraction of sp³-hybridized carbons (Fsp3) is 0.391.